The molecule has 3 rings (SSSR count). The van der Waals surface area contributed by atoms with E-state index in [-0.39, 0.29) is 17.6 Å². The third-order valence-corrected chi connectivity index (χ3v) is 5.42. The van der Waals surface area contributed by atoms with Gasteiger partial charge in [0.05, 0.1) is 18.1 Å². The number of hydrogen-bond acceptors (Lipinski definition) is 4. The lowest BCUT2D eigenvalue weighted by atomic mass is 9.82. The summed E-state index contributed by atoms with van der Waals surface area (Å²) in [6.45, 7) is 1.56. The Morgan fingerprint density at radius 2 is 1.92 bits per heavy atom. The summed E-state index contributed by atoms with van der Waals surface area (Å²) in [5.74, 6) is -1.98. The molecule has 1 aromatic carbocycles. The summed E-state index contributed by atoms with van der Waals surface area (Å²) in [6.07, 6.45) is -0.358. The van der Waals surface area contributed by atoms with Crippen LogP contribution in [0, 0.1) is 5.92 Å². The Morgan fingerprint density at radius 3 is 2.40 bits per heavy atom. The topological polar surface area (TPSA) is 81.1 Å². The predicted octanol–water partition coefficient (Wildman–Crippen LogP) is 1.33. The molecule has 6 nitrogen and oxygen atoms in total. The van der Waals surface area contributed by atoms with E-state index in [9.17, 15) is 19.8 Å². The molecule has 1 saturated heterocycles. The number of β-lactam (4-membered cyclic amide) rings is 1. The number of nitrogens with zero attached hydrogens (tertiary/aromatic N) is 2. The lowest BCUT2D eigenvalue weighted by Crippen LogP contribution is -2.61. The second-order valence-corrected chi connectivity index (χ2v) is 7.04. The third-order valence-electron chi connectivity index (χ3n) is 4.82. The number of fused-ring (bicyclic) bond motifs is 1. The molecule has 7 heteroatoms. The molecule has 2 heterocycles. The van der Waals surface area contributed by atoms with Crippen molar-refractivity contribution in [1.29, 1.82) is 0 Å². The molecule has 132 valence electrons. The quantitative estimate of drug-likeness (QED) is 0.623. The van der Waals surface area contributed by atoms with E-state index in [0.717, 1.165) is 11.1 Å². The van der Waals surface area contributed by atoms with E-state index in [1.54, 1.807) is 6.92 Å². The van der Waals surface area contributed by atoms with E-state index in [1.165, 1.54) is 4.90 Å². The maximum atomic E-state index is 12.2. The number of hydrogen-bond donors (Lipinski definition) is 2. The first-order valence-corrected chi connectivity index (χ1v) is 8.44. The van der Waals surface area contributed by atoms with Gasteiger partial charge in [-0.3, -0.25) is 4.79 Å². The molecule has 2 unspecified atom stereocenters. The van der Waals surface area contributed by atoms with E-state index < -0.39 is 18.0 Å². The van der Waals surface area contributed by atoms with Crippen molar-refractivity contribution in [3.63, 3.8) is 0 Å². The SMILES string of the molecule is C[C@@H](O)C1C(=O)N2C(C(=O)O)=C(c3ccc(C(=S)N(C)C)cc3)CC12. The van der Waals surface area contributed by atoms with Crippen molar-refractivity contribution < 1.29 is 19.8 Å². The van der Waals surface area contributed by atoms with Crippen molar-refractivity contribution in [1.82, 2.24) is 9.80 Å². The Kier molecular flexibility index (Phi) is 4.38. The Labute approximate surface area is 151 Å². The van der Waals surface area contributed by atoms with Crippen molar-refractivity contribution in [2.24, 2.45) is 5.92 Å². The van der Waals surface area contributed by atoms with Gasteiger partial charge in [0.2, 0.25) is 5.91 Å². The number of carbonyl (C=O) groups is 2. The van der Waals surface area contributed by atoms with Gasteiger partial charge in [-0.1, -0.05) is 36.5 Å². The predicted molar refractivity (Wildman–Crippen MR) is 96.8 cm³/mol. The summed E-state index contributed by atoms with van der Waals surface area (Å²) >= 11 is 5.33. The highest BCUT2D eigenvalue weighted by atomic mass is 32.1. The number of thiocarbonyl (C=S) groups is 1. The van der Waals surface area contributed by atoms with E-state index >= 15 is 0 Å². The van der Waals surface area contributed by atoms with E-state index in [4.69, 9.17) is 12.2 Å². The molecule has 0 aromatic heterocycles. The average Bonchev–Trinajstić information content (AvgIpc) is 2.89. The number of aliphatic carboxylic acids is 1. The number of aliphatic hydroxyl groups is 1. The van der Waals surface area contributed by atoms with Crippen LogP contribution in [0.15, 0.2) is 30.0 Å². The average molecular weight is 360 g/mol. The molecule has 1 aromatic rings. The first-order valence-electron chi connectivity index (χ1n) is 8.03. The molecule has 1 fully saturated rings. The van der Waals surface area contributed by atoms with Crippen LogP contribution in [-0.4, -0.2) is 63.1 Å². The van der Waals surface area contributed by atoms with Gasteiger partial charge >= 0.3 is 5.97 Å². The number of carboxylic acids is 1. The van der Waals surface area contributed by atoms with E-state index in [2.05, 4.69) is 0 Å². The number of carbonyl (C=O) groups excluding carboxylic acids is 1. The molecule has 0 bridgehead atoms. The van der Waals surface area contributed by atoms with Crippen LogP contribution in [-0.2, 0) is 9.59 Å². The van der Waals surface area contributed by atoms with Gasteiger partial charge in [0.25, 0.3) is 0 Å². The summed E-state index contributed by atoms with van der Waals surface area (Å²) in [5, 5.41) is 19.4. The van der Waals surface area contributed by atoms with Crippen molar-refractivity contribution in [3.05, 3.63) is 41.1 Å². The highest BCUT2D eigenvalue weighted by Gasteiger charge is 2.56. The summed E-state index contributed by atoms with van der Waals surface area (Å²) in [5.41, 5.74) is 2.28. The Bertz CT molecular complexity index is 783. The maximum Gasteiger partial charge on any atom is 0.352 e. The van der Waals surface area contributed by atoms with Gasteiger partial charge in [0.15, 0.2) is 0 Å². The van der Waals surface area contributed by atoms with Gasteiger partial charge in [0, 0.05) is 19.7 Å². The van der Waals surface area contributed by atoms with Crippen LogP contribution in [0.4, 0.5) is 0 Å². The first kappa shape index (κ1) is 17.6. The number of amides is 1. The highest BCUT2D eigenvalue weighted by molar-refractivity contribution is 7.80. The smallest absolute Gasteiger partial charge is 0.352 e. The van der Waals surface area contributed by atoms with Gasteiger partial charge in [-0.2, -0.15) is 0 Å². The van der Waals surface area contributed by atoms with Gasteiger partial charge in [-0.15, -0.1) is 0 Å². The third kappa shape index (κ3) is 2.73. The minimum absolute atomic E-state index is 0.0230. The molecule has 0 saturated carbocycles. The fourth-order valence-corrected chi connectivity index (χ4v) is 3.74. The Hall–Kier alpha value is -2.25. The second kappa shape index (κ2) is 6.24. The zero-order valence-corrected chi connectivity index (χ0v) is 15.1. The monoisotopic (exact) mass is 360 g/mol. The molecular weight excluding hydrogens is 340 g/mol. The van der Waals surface area contributed by atoms with Crippen LogP contribution in [0.3, 0.4) is 0 Å². The number of rotatable bonds is 4. The van der Waals surface area contributed by atoms with Crippen LogP contribution in [0.5, 0.6) is 0 Å². The highest BCUT2D eigenvalue weighted by Crippen LogP contribution is 2.46. The normalized spacial score (nSPS) is 23.2. The fraction of sp³-hybridized carbons (Fsp3) is 0.389. The van der Waals surface area contributed by atoms with Crippen LogP contribution >= 0.6 is 12.2 Å². The molecule has 2 aliphatic heterocycles. The van der Waals surface area contributed by atoms with Crippen LogP contribution in [0.2, 0.25) is 0 Å². The molecule has 25 heavy (non-hydrogen) atoms. The molecule has 0 aliphatic carbocycles. The van der Waals surface area contributed by atoms with Crippen molar-refractivity contribution in [3.8, 4) is 0 Å². The van der Waals surface area contributed by atoms with Crippen LogP contribution in [0.1, 0.15) is 24.5 Å². The summed E-state index contributed by atoms with van der Waals surface area (Å²) in [6, 6.07) is 7.09. The Balaban J connectivity index is 1.95. The van der Waals surface area contributed by atoms with Crippen LogP contribution in [0.25, 0.3) is 5.57 Å². The lowest BCUT2D eigenvalue weighted by molar-refractivity contribution is -0.161. The molecule has 0 spiro atoms. The zero-order chi connectivity index (χ0) is 18.5. The zero-order valence-electron chi connectivity index (χ0n) is 14.3. The van der Waals surface area contributed by atoms with Gasteiger partial charge in [-0.05, 0) is 24.5 Å². The van der Waals surface area contributed by atoms with E-state index in [1.807, 2.05) is 43.3 Å². The molecule has 1 amide bonds. The van der Waals surface area contributed by atoms with Crippen LogP contribution < -0.4 is 0 Å². The largest absolute Gasteiger partial charge is 0.477 e. The van der Waals surface area contributed by atoms with Gasteiger partial charge in [-0.25, -0.2) is 4.79 Å². The summed E-state index contributed by atoms with van der Waals surface area (Å²) < 4.78 is 0. The molecule has 3 atom stereocenters. The lowest BCUT2D eigenvalue weighted by Gasteiger charge is -2.44. The van der Waals surface area contributed by atoms with E-state index in [0.29, 0.717) is 17.0 Å². The standard InChI is InChI=1S/C18H20N2O4S/c1-9(21)14-13-8-12(15(18(23)24)20(13)16(14)22)10-4-6-11(7-5-10)17(25)19(2)3/h4-7,9,13-14,21H,8H2,1-3H3,(H,23,24)/t9-,13?,14?/m1/s1. The molecule has 2 aliphatic rings. The molecule has 2 N–H and O–H groups in total. The molecule has 0 radical (unpaired) electrons. The number of aliphatic hydroxyl groups excluding tert-OH is 1. The fourth-order valence-electron chi connectivity index (χ4n) is 3.60. The second-order valence-electron chi connectivity index (χ2n) is 6.66. The van der Waals surface area contributed by atoms with Crippen molar-refractivity contribution >= 4 is 34.7 Å². The van der Waals surface area contributed by atoms with Crippen molar-refractivity contribution in [2.45, 2.75) is 25.5 Å². The summed E-state index contributed by atoms with van der Waals surface area (Å²) in [4.78, 5) is 27.8. The number of carboxylic acid groups (broad SMARTS) is 1. The van der Waals surface area contributed by atoms with Gasteiger partial charge in [0.1, 0.15) is 10.7 Å². The van der Waals surface area contributed by atoms with Crippen molar-refractivity contribution in [2.75, 3.05) is 14.1 Å². The summed E-state index contributed by atoms with van der Waals surface area (Å²) in [7, 11) is 3.73. The molecular formula is C18H20N2O4S. The maximum absolute atomic E-state index is 12.2. The minimum Gasteiger partial charge on any atom is -0.477 e. The first-order chi connectivity index (χ1) is 11.7. The minimum atomic E-state index is -1.12. The number of benzene rings is 1. The Morgan fingerprint density at radius 1 is 1.32 bits per heavy atom. The van der Waals surface area contributed by atoms with Gasteiger partial charge < -0.3 is 20.0 Å².